The third-order valence-electron chi connectivity index (χ3n) is 3.95. The quantitative estimate of drug-likeness (QED) is 0.524. The maximum absolute atomic E-state index is 13.9. The molecule has 1 amide bonds. The first-order chi connectivity index (χ1) is 12.9. The summed E-state index contributed by atoms with van der Waals surface area (Å²) >= 11 is 4.63. The van der Waals surface area contributed by atoms with Gasteiger partial charge >= 0.3 is 5.97 Å². The summed E-state index contributed by atoms with van der Waals surface area (Å²) in [7, 11) is 1.28. The molecule has 0 fully saturated rings. The lowest BCUT2D eigenvalue weighted by molar-refractivity contribution is 0.0603. The van der Waals surface area contributed by atoms with E-state index in [1.165, 1.54) is 36.6 Å². The first-order valence-corrected chi connectivity index (χ1v) is 9.57. The van der Waals surface area contributed by atoms with Gasteiger partial charge in [0.25, 0.3) is 5.91 Å². The molecule has 1 N–H and O–H groups in total. The van der Waals surface area contributed by atoms with Crippen molar-refractivity contribution in [2.45, 2.75) is 6.92 Å². The van der Waals surface area contributed by atoms with E-state index in [1.54, 1.807) is 6.07 Å². The zero-order valence-corrected chi connectivity index (χ0v) is 16.9. The van der Waals surface area contributed by atoms with Crippen LogP contribution in [0.25, 0.3) is 11.1 Å². The van der Waals surface area contributed by atoms with E-state index in [0.717, 1.165) is 14.9 Å². The molecule has 0 unspecified atom stereocenters. The fraction of sp³-hybridized carbons (Fsp3) is 0.100. The van der Waals surface area contributed by atoms with Crippen LogP contribution in [-0.4, -0.2) is 19.0 Å². The maximum Gasteiger partial charge on any atom is 0.341 e. The summed E-state index contributed by atoms with van der Waals surface area (Å²) in [6, 6.07) is 13.2. The Morgan fingerprint density at radius 3 is 2.41 bits per heavy atom. The van der Waals surface area contributed by atoms with Gasteiger partial charge in [0.2, 0.25) is 0 Å². The van der Waals surface area contributed by atoms with E-state index in [-0.39, 0.29) is 11.1 Å². The van der Waals surface area contributed by atoms with Crippen molar-refractivity contribution in [2.75, 3.05) is 12.4 Å². The normalized spacial score (nSPS) is 10.5. The molecule has 138 valence electrons. The zero-order valence-electron chi connectivity index (χ0n) is 14.5. The van der Waals surface area contributed by atoms with E-state index in [2.05, 4.69) is 21.2 Å². The average molecular weight is 448 g/mol. The predicted octanol–water partition coefficient (Wildman–Crippen LogP) is 5.66. The Morgan fingerprint density at radius 1 is 1.11 bits per heavy atom. The van der Waals surface area contributed by atoms with Crippen molar-refractivity contribution in [3.05, 3.63) is 74.8 Å². The number of amides is 1. The van der Waals surface area contributed by atoms with E-state index in [0.29, 0.717) is 10.6 Å². The molecule has 0 saturated carbocycles. The van der Waals surface area contributed by atoms with Crippen molar-refractivity contribution in [1.82, 2.24) is 0 Å². The van der Waals surface area contributed by atoms with Crippen LogP contribution in [0, 0.1) is 12.7 Å². The molecule has 0 bridgehead atoms. The number of nitrogens with one attached hydrogen (secondary N) is 1. The van der Waals surface area contributed by atoms with Gasteiger partial charge in [0.05, 0.1) is 12.7 Å². The summed E-state index contributed by atoms with van der Waals surface area (Å²) in [5.41, 5.74) is 1.67. The lowest BCUT2D eigenvalue weighted by Gasteiger charge is -2.09. The van der Waals surface area contributed by atoms with Gasteiger partial charge in [0.15, 0.2) is 0 Å². The number of thiophene rings is 1. The monoisotopic (exact) mass is 447 g/mol. The van der Waals surface area contributed by atoms with E-state index >= 15 is 0 Å². The lowest BCUT2D eigenvalue weighted by Crippen LogP contribution is -2.15. The second kappa shape index (κ2) is 8.02. The minimum atomic E-state index is -0.629. The molecule has 0 aliphatic heterocycles. The van der Waals surface area contributed by atoms with Crippen LogP contribution in [0.4, 0.5) is 9.39 Å². The third kappa shape index (κ3) is 3.94. The molecular weight excluding hydrogens is 433 g/mol. The molecule has 27 heavy (non-hydrogen) atoms. The van der Waals surface area contributed by atoms with Crippen LogP contribution in [0.15, 0.2) is 53.0 Å². The van der Waals surface area contributed by atoms with Gasteiger partial charge in [0, 0.05) is 14.9 Å². The Bertz CT molecular complexity index is 1010. The second-order valence-corrected chi connectivity index (χ2v) is 7.81. The first kappa shape index (κ1) is 19.3. The van der Waals surface area contributed by atoms with Crippen LogP contribution in [0.5, 0.6) is 0 Å². The topological polar surface area (TPSA) is 55.4 Å². The van der Waals surface area contributed by atoms with Gasteiger partial charge in [-0.25, -0.2) is 9.18 Å². The zero-order chi connectivity index (χ0) is 19.6. The second-order valence-electron chi connectivity index (χ2n) is 5.67. The van der Waals surface area contributed by atoms with Gasteiger partial charge in [-0.2, -0.15) is 0 Å². The summed E-state index contributed by atoms with van der Waals surface area (Å²) < 4.78 is 19.7. The number of hydrogen-bond acceptors (Lipinski definition) is 4. The van der Waals surface area contributed by atoms with Crippen molar-refractivity contribution in [3.63, 3.8) is 0 Å². The molecule has 0 spiro atoms. The number of ether oxygens (including phenoxy) is 1. The number of methoxy groups -OCH3 is 1. The Kier molecular flexibility index (Phi) is 5.72. The highest BCUT2D eigenvalue weighted by atomic mass is 79.9. The van der Waals surface area contributed by atoms with Gasteiger partial charge in [0.1, 0.15) is 16.4 Å². The first-order valence-electron chi connectivity index (χ1n) is 7.96. The van der Waals surface area contributed by atoms with Crippen LogP contribution in [0.2, 0.25) is 0 Å². The summed E-state index contributed by atoms with van der Waals surface area (Å²) in [6.45, 7) is 1.85. The molecule has 1 aromatic heterocycles. The molecule has 3 aromatic rings. The van der Waals surface area contributed by atoms with Crippen molar-refractivity contribution in [1.29, 1.82) is 0 Å². The van der Waals surface area contributed by atoms with Crippen LogP contribution in [-0.2, 0) is 4.74 Å². The minimum absolute atomic E-state index is 0.0930. The number of carbonyl (C=O) groups excluding carboxylic acids is 2. The van der Waals surface area contributed by atoms with Gasteiger partial charge in [-0.15, -0.1) is 11.3 Å². The third-order valence-corrected chi connectivity index (χ3v) is 5.50. The Hall–Kier alpha value is -2.51. The standard InChI is InChI=1S/C20H15BrFNO3S/c1-11-16(12-7-9-13(21)10-8-12)17(20(25)26-2)19(27-11)23-18(24)14-5-3-4-6-15(14)22/h3-10H,1-2H3,(H,23,24). The van der Waals surface area contributed by atoms with Crippen LogP contribution in [0.1, 0.15) is 25.6 Å². The lowest BCUT2D eigenvalue weighted by atomic mass is 10.0. The molecule has 0 radical (unpaired) electrons. The number of halogens is 2. The minimum Gasteiger partial charge on any atom is -0.465 e. The SMILES string of the molecule is COC(=O)c1c(NC(=O)c2ccccc2F)sc(C)c1-c1ccc(Br)cc1. The number of benzene rings is 2. The molecule has 0 saturated heterocycles. The van der Waals surface area contributed by atoms with Gasteiger partial charge in [-0.1, -0.05) is 40.2 Å². The number of anilines is 1. The van der Waals surface area contributed by atoms with Crippen molar-refractivity contribution >= 4 is 44.1 Å². The number of hydrogen-bond donors (Lipinski definition) is 1. The molecule has 0 aliphatic rings. The Labute approximate surface area is 168 Å². The summed E-state index contributed by atoms with van der Waals surface area (Å²) in [5.74, 6) is -1.82. The van der Waals surface area contributed by atoms with Crippen molar-refractivity contribution in [3.8, 4) is 11.1 Å². The summed E-state index contributed by atoms with van der Waals surface area (Å²) in [5, 5.41) is 2.98. The molecule has 2 aromatic carbocycles. The molecular formula is C20H15BrFNO3S. The number of carbonyl (C=O) groups is 2. The molecule has 4 nitrogen and oxygen atoms in total. The van der Waals surface area contributed by atoms with E-state index in [9.17, 15) is 14.0 Å². The fourth-order valence-corrected chi connectivity index (χ4v) is 4.03. The highest BCUT2D eigenvalue weighted by Crippen LogP contribution is 2.40. The van der Waals surface area contributed by atoms with E-state index in [4.69, 9.17) is 4.74 Å². The number of esters is 1. The number of aryl methyl sites for hydroxylation is 1. The number of rotatable bonds is 4. The molecule has 0 aliphatic carbocycles. The smallest absolute Gasteiger partial charge is 0.341 e. The summed E-state index contributed by atoms with van der Waals surface area (Å²) in [4.78, 5) is 25.8. The molecule has 1 heterocycles. The fourth-order valence-electron chi connectivity index (χ4n) is 2.71. The van der Waals surface area contributed by atoms with Gasteiger partial charge in [-0.3, -0.25) is 4.79 Å². The van der Waals surface area contributed by atoms with Crippen LogP contribution < -0.4 is 5.32 Å². The predicted molar refractivity (Wildman–Crippen MR) is 108 cm³/mol. The van der Waals surface area contributed by atoms with Crippen LogP contribution in [0.3, 0.4) is 0 Å². The highest BCUT2D eigenvalue weighted by molar-refractivity contribution is 9.10. The Balaban J connectivity index is 2.07. The van der Waals surface area contributed by atoms with Crippen molar-refractivity contribution in [2.24, 2.45) is 0 Å². The van der Waals surface area contributed by atoms with Crippen LogP contribution >= 0.6 is 27.3 Å². The molecule has 0 atom stereocenters. The Morgan fingerprint density at radius 2 is 1.78 bits per heavy atom. The van der Waals surface area contributed by atoms with Gasteiger partial charge in [-0.05, 0) is 36.8 Å². The maximum atomic E-state index is 13.9. The molecule has 3 rings (SSSR count). The average Bonchev–Trinajstić information content (AvgIpc) is 2.97. The van der Waals surface area contributed by atoms with Gasteiger partial charge < -0.3 is 10.1 Å². The summed E-state index contributed by atoms with van der Waals surface area (Å²) in [6.07, 6.45) is 0. The largest absolute Gasteiger partial charge is 0.465 e. The highest BCUT2D eigenvalue weighted by Gasteiger charge is 2.25. The van der Waals surface area contributed by atoms with Crippen molar-refractivity contribution < 1.29 is 18.7 Å². The van der Waals surface area contributed by atoms with E-state index in [1.807, 2.05) is 31.2 Å². The van der Waals surface area contributed by atoms with E-state index < -0.39 is 17.7 Å². The molecule has 7 heteroatoms.